The number of hydrogen-bond acceptors (Lipinski definition) is 2. The Bertz CT molecular complexity index is 638. The average molecular weight is 256 g/mol. The fourth-order valence-corrected chi connectivity index (χ4v) is 3.10. The second-order valence-electron chi connectivity index (χ2n) is 4.42. The Morgan fingerprint density at radius 3 is 2.83 bits per heavy atom. The van der Waals surface area contributed by atoms with E-state index in [1.54, 1.807) is 11.3 Å². The maximum atomic E-state index is 5.70. The Balaban J connectivity index is 2.06. The molecule has 0 aliphatic carbocycles. The van der Waals surface area contributed by atoms with Crippen molar-refractivity contribution in [2.45, 2.75) is 13.0 Å². The summed E-state index contributed by atoms with van der Waals surface area (Å²) in [6.45, 7) is 1.64. The lowest BCUT2D eigenvalue weighted by Crippen LogP contribution is -2.05. The zero-order chi connectivity index (χ0) is 12.4. The van der Waals surface area contributed by atoms with Crippen LogP contribution in [0.4, 0.5) is 0 Å². The lowest BCUT2D eigenvalue weighted by atomic mass is 10.1. The van der Waals surface area contributed by atoms with Gasteiger partial charge < -0.3 is 10.3 Å². The Kier molecular flexibility index (Phi) is 3.17. The van der Waals surface area contributed by atoms with Crippen molar-refractivity contribution >= 4 is 22.2 Å². The molecule has 0 aliphatic rings. The second kappa shape index (κ2) is 4.96. The minimum Gasteiger partial charge on any atom is -0.342 e. The molecule has 0 aliphatic heterocycles. The first-order valence-corrected chi connectivity index (χ1v) is 7.05. The normalized spacial score (nSPS) is 11.2. The molecular formula is C15H16N2S. The largest absolute Gasteiger partial charge is 0.342 e. The third kappa shape index (κ3) is 2.07. The van der Waals surface area contributed by atoms with Gasteiger partial charge in [0, 0.05) is 11.1 Å². The average Bonchev–Trinajstić information content (AvgIpc) is 3.01. The van der Waals surface area contributed by atoms with Crippen molar-refractivity contribution in [1.82, 2.24) is 4.57 Å². The quantitative estimate of drug-likeness (QED) is 0.763. The summed E-state index contributed by atoms with van der Waals surface area (Å²) in [4.78, 5) is 1.38. The lowest BCUT2D eigenvalue weighted by Gasteiger charge is -2.08. The summed E-state index contributed by atoms with van der Waals surface area (Å²) in [6, 6.07) is 12.9. The van der Waals surface area contributed by atoms with E-state index in [-0.39, 0.29) is 0 Å². The van der Waals surface area contributed by atoms with Crippen molar-refractivity contribution in [2.24, 2.45) is 5.73 Å². The van der Waals surface area contributed by atoms with Crippen LogP contribution in [0.25, 0.3) is 10.9 Å². The molecule has 0 saturated carbocycles. The minimum atomic E-state index is 0.698. The molecule has 18 heavy (non-hydrogen) atoms. The predicted molar refractivity (Wildman–Crippen MR) is 78.1 cm³/mol. The number of hydrogen-bond donors (Lipinski definition) is 1. The summed E-state index contributed by atoms with van der Waals surface area (Å²) >= 11 is 1.80. The zero-order valence-corrected chi connectivity index (χ0v) is 11.0. The van der Waals surface area contributed by atoms with Gasteiger partial charge in [-0.05, 0) is 41.4 Å². The fraction of sp³-hybridized carbons (Fsp3) is 0.200. The maximum Gasteiger partial charge on any atom is 0.0569 e. The van der Waals surface area contributed by atoms with Gasteiger partial charge >= 0.3 is 0 Å². The van der Waals surface area contributed by atoms with Crippen LogP contribution in [0, 0.1) is 0 Å². The Morgan fingerprint density at radius 1 is 1.11 bits per heavy atom. The molecule has 2 aromatic heterocycles. The van der Waals surface area contributed by atoms with E-state index in [9.17, 15) is 0 Å². The first-order chi connectivity index (χ1) is 8.88. The van der Waals surface area contributed by atoms with Gasteiger partial charge in [-0.25, -0.2) is 0 Å². The van der Waals surface area contributed by atoms with E-state index in [4.69, 9.17) is 5.73 Å². The molecule has 0 atom stereocenters. The van der Waals surface area contributed by atoms with Crippen molar-refractivity contribution in [3.8, 4) is 0 Å². The standard InChI is InChI=1S/C15H16N2S/c16-8-6-12-3-1-4-13-7-9-17(15(12)13)11-14-5-2-10-18-14/h1-5,7,9-10H,6,8,11,16H2. The summed E-state index contributed by atoms with van der Waals surface area (Å²) in [7, 11) is 0. The van der Waals surface area contributed by atoms with Crippen LogP contribution in [0.2, 0.25) is 0 Å². The third-order valence-electron chi connectivity index (χ3n) is 3.19. The summed E-state index contributed by atoms with van der Waals surface area (Å²) in [6.07, 6.45) is 3.11. The van der Waals surface area contributed by atoms with E-state index < -0.39 is 0 Å². The van der Waals surface area contributed by atoms with Gasteiger partial charge in [0.1, 0.15) is 0 Å². The molecule has 0 bridgehead atoms. The van der Waals surface area contributed by atoms with Crippen molar-refractivity contribution in [3.63, 3.8) is 0 Å². The van der Waals surface area contributed by atoms with Crippen LogP contribution >= 0.6 is 11.3 Å². The number of para-hydroxylation sites is 1. The van der Waals surface area contributed by atoms with E-state index in [0.29, 0.717) is 6.54 Å². The van der Waals surface area contributed by atoms with E-state index in [1.807, 2.05) is 0 Å². The Morgan fingerprint density at radius 2 is 2.06 bits per heavy atom. The van der Waals surface area contributed by atoms with Gasteiger partial charge in [0.25, 0.3) is 0 Å². The fourth-order valence-electron chi connectivity index (χ4n) is 2.40. The highest BCUT2D eigenvalue weighted by Crippen LogP contribution is 2.22. The van der Waals surface area contributed by atoms with Crippen LogP contribution < -0.4 is 5.73 Å². The summed E-state index contributed by atoms with van der Waals surface area (Å²) < 4.78 is 2.33. The monoisotopic (exact) mass is 256 g/mol. The topological polar surface area (TPSA) is 30.9 Å². The number of nitrogens with zero attached hydrogens (tertiary/aromatic N) is 1. The first-order valence-electron chi connectivity index (χ1n) is 6.17. The molecule has 2 nitrogen and oxygen atoms in total. The van der Waals surface area contributed by atoms with Gasteiger partial charge in [0.2, 0.25) is 0 Å². The summed E-state index contributed by atoms with van der Waals surface area (Å²) in [5, 5.41) is 3.43. The minimum absolute atomic E-state index is 0.698. The van der Waals surface area contributed by atoms with Crippen molar-refractivity contribution in [1.29, 1.82) is 0 Å². The maximum absolute atomic E-state index is 5.70. The summed E-state index contributed by atoms with van der Waals surface area (Å²) in [5.41, 5.74) is 8.37. The van der Waals surface area contributed by atoms with Crippen LogP contribution in [0.5, 0.6) is 0 Å². The number of aromatic nitrogens is 1. The van der Waals surface area contributed by atoms with E-state index in [0.717, 1.165) is 13.0 Å². The van der Waals surface area contributed by atoms with Crippen molar-refractivity contribution < 1.29 is 0 Å². The van der Waals surface area contributed by atoms with E-state index >= 15 is 0 Å². The molecule has 0 spiro atoms. The number of thiophene rings is 1. The zero-order valence-electron chi connectivity index (χ0n) is 10.2. The highest BCUT2D eigenvalue weighted by molar-refractivity contribution is 7.09. The molecular weight excluding hydrogens is 240 g/mol. The van der Waals surface area contributed by atoms with Gasteiger partial charge in [-0.3, -0.25) is 0 Å². The predicted octanol–water partition coefficient (Wildman–Crippen LogP) is 3.25. The highest BCUT2D eigenvalue weighted by atomic mass is 32.1. The molecule has 3 aromatic rings. The molecule has 3 rings (SSSR count). The molecule has 2 heterocycles. The third-order valence-corrected chi connectivity index (χ3v) is 4.05. The van der Waals surface area contributed by atoms with Gasteiger partial charge in [-0.1, -0.05) is 24.3 Å². The molecule has 0 radical (unpaired) electrons. The Hall–Kier alpha value is -1.58. The van der Waals surface area contributed by atoms with Crippen LogP contribution in [0.3, 0.4) is 0 Å². The van der Waals surface area contributed by atoms with Crippen LogP contribution in [0.15, 0.2) is 48.0 Å². The Labute approximate surface area is 111 Å². The number of benzene rings is 1. The SMILES string of the molecule is NCCc1cccc2ccn(Cc3cccs3)c12. The molecule has 0 unspecified atom stereocenters. The second-order valence-corrected chi connectivity index (χ2v) is 5.45. The van der Waals surface area contributed by atoms with Gasteiger partial charge in [-0.2, -0.15) is 0 Å². The van der Waals surface area contributed by atoms with Crippen LogP contribution in [-0.2, 0) is 13.0 Å². The van der Waals surface area contributed by atoms with Crippen LogP contribution in [-0.4, -0.2) is 11.1 Å². The number of fused-ring (bicyclic) bond motifs is 1. The van der Waals surface area contributed by atoms with Gasteiger partial charge in [0.15, 0.2) is 0 Å². The van der Waals surface area contributed by atoms with E-state index in [1.165, 1.54) is 21.3 Å². The molecule has 2 N–H and O–H groups in total. The van der Waals surface area contributed by atoms with Crippen LogP contribution in [0.1, 0.15) is 10.4 Å². The molecule has 92 valence electrons. The molecule has 0 amide bonds. The molecule has 0 saturated heterocycles. The molecule has 3 heteroatoms. The number of nitrogens with two attached hydrogens (primary N) is 1. The smallest absolute Gasteiger partial charge is 0.0569 e. The van der Waals surface area contributed by atoms with E-state index in [2.05, 4.69) is 52.5 Å². The first kappa shape index (κ1) is 11.5. The molecule has 0 fully saturated rings. The highest BCUT2D eigenvalue weighted by Gasteiger charge is 2.06. The van der Waals surface area contributed by atoms with Gasteiger partial charge in [0.05, 0.1) is 12.1 Å². The summed E-state index contributed by atoms with van der Waals surface area (Å²) in [5.74, 6) is 0. The van der Waals surface area contributed by atoms with Gasteiger partial charge in [-0.15, -0.1) is 11.3 Å². The molecule has 1 aromatic carbocycles. The lowest BCUT2D eigenvalue weighted by molar-refractivity contribution is 0.841. The van der Waals surface area contributed by atoms with Crippen molar-refractivity contribution in [3.05, 3.63) is 58.4 Å². The van der Waals surface area contributed by atoms with Crippen molar-refractivity contribution in [2.75, 3.05) is 6.54 Å². The number of rotatable bonds is 4.